The Morgan fingerprint density at radius 3 is 2.83 bits per heavy atom. The molecule has 1 fully saturated rings. The van der Waals surface area contributed by atoms with Gasteiger partial charge in [0.1, 0.15) is 12.4 Å². The van der Waals surface area contributed by atoms with Gasteiger partial charge in [-0.25, -0.2) is 4.99 Å². The van der Waals surface area contributed by atoms with Gasteiger partial charge in [0.25, 0.3) is 0 Å². The minimum Gasteiger partial charge on any atom is -0.373 e. The molecule has 1 aromatic rings. The zero-order valence-corrected chi connectivity index (χ0v) is 16.5. The lowest BCUT2D eigenvalue weighted by atomic mass is 10.0. The highest BCUT2D eigenvalue weighted by atomic mass is 127. The van der Waals surface area contributed by atoms with E-state index in [-0.39, 0.29) is 29.6 Å². The third kappa shape index (κ3) is 5.76. The largest absolute Gasteiger partial charge is 0.373 e. The summed E-state index contributed by atoms with van der Waals surface area (Å²) < 4.78 is 7.73. The molecule has 0 spiro atoms. The molecular weight excluding hydrogens is 407 g/mol. The zero-order valence-electron chi connectivity index (χ0n) is 14.1. The van der Waals surface area contributed by atoms with Crippen molar-refractivity contribution in [2.24, 2.45) is 12.0 Å². The summed E-state index contributed by atoms with van der Waals surface area (Å²) in [4.78, 5) is 4.57. The normalized spacial score (nSPS) is 20.9. The molecule has 2 rings (SSSR count). The summed E-state index contributed by atoms with van der Waals surface area (Å²) in [5.41, 5.74) is -0.113. The number of hydrogen-bond acceptors (Lipinski definition) is 4. The van der Waals surface area contributed by atoms with E-state index in [2.05, 4.69) is 39.3 Å². The van der Waals surface area contributed by atoms with E-state index in [1.165, 1.54) is 0 Å². The lowest BCUT2D eigenvalue weighted by Crippen LogP contribution is -2.45. The topological polar surface area (TPSA) is 76.4 Å². The van der Waals surface area contributed by atoms with Crippen LogP contribution in [0.3, 0.4) is 0 Å². The Morgan fingerprint density at radius 1 is 1.48 bits per heavy atom. The Morgan fingerprint density at radius 2 is 2.26 bits per heavy atom. The standard InChI is InChI=1S/C15H26N6O.HI/c1-5-8-16-14(18-11-15(3)7-6-9-22-15)17-10-13-20-19-12(2)21(13)4;/h5H,1,6-11H2,2-4H3,(H2,16,17,18);1H. The van der Waals surface area contributed by atoms with Crippen LogP contribution in [-0.2, 0) is 18.3 Å². The van der Waals surface area contributed by atoms with E-state index in [9.17, 15) is 0 Å². The van der Waals surface area contributed by atoms with Gasteiger partial charge in [-0.05, 0) is 26.7 Å². The van der Waals surface area contributed by atoms with Gasteiger partial charge in [-0.2, -0.15) is 0 Å². The van der Waals surface area contributed by atoms with E-state index in [0.717, 1.165) is 43.6 Å². The molecule has 0 bridgehead atoms. The second kappa shape index (κ2) is 9.21. The smallest absolute Gasteiger partial charge is 0.192 e. The Bertz CT molecular complexity index is 536. The number of nitrogens with zero attached hydrogens (tertiary/aromatic N) is 4. The van der Waals surface area contributed by atoms with E-state index >= 15 is 0 Å². The molecule has 0 aromatic carbocycles. The number of hydrogen-bond donors (Lipinski definition) is 2. The molecule has 0 saturated carbocycles. The van der Waals surface area contributed by atoms with Crippen LogP contribution < -0.4 is 10.6 Å². The van der Waals surface area contributed by atoms with Crippen LogP contribution in [0.15, 0.2) is 17.6 Å². The van der Waals surface area contributed by atoms with Gasteiger partial charge in [0.2, 0.25) is 0 Å². The first-order chi connectivity index (χ1) is 10.5. The fourth-order valence-electron chi connectivity index (χ4n) is 2.33. The van der Waals surface area contributed by atoms with Gasteiger partial charge in [0, 0.05) is 26.7 Å². The Hall–Kier alpha value is -1.16. The molecule has 0 aliphatic carbocycles. The third-order valence-electron chi connectivity index (χ3n) is 3.91. The molecule has 1 unspecified atom stereocenters. The quantitative estimate of drug-likeness (QED) is 0.308. The predicted octanol–water partition coefficient (Wildman–Crippen LogP) is 1.53. The van der Waals surface area contributed by atoms with E-state index in [1.54, 1.807) is 6.08 Å². The highest BCUT2D eigenvalue weighted by molar-refractivity contribution is 14.0. The summed E-state index contributed by atoms with van der Waals surface area (Å²) in [6.07, 6.45) is 3.98. The maximum absolute atomic E-state index is 5.79. The fourth-order valence-corrected chi connectivity index (χ4v) is 2.33. The van der Waals surface area contributed by atoms with Gasteiger partial charge in [0.15, 0.2) is 11.8 Å². The molecule has 1 aliphatic rings. The molecule has 1 saturated heterocycles. The Kier molecular flexibility index (Phi) is 7.97. The summed E-state index contributed by atoms with van der Waals surface area (Å²) in [5, 5.41) is 14.7. The highest BCUT2D eigenvalue weighted by Gasteiger charge is 2.29. The summed E-state index contributed by atoms with van der Waals surface area (Å²) >= 11 is 0. The summed E-state index contributed by atoms with van der Waals surface area (Å²) in [7, 11) is 1.94. The molecule has 0 radical (unpaired) electrons. The van der Waals surface area contributed by atoms with Gasteiger partial charge in [-0.3, -0.25) is 0 Å². The van der Waals surface area contributed by atoms with Crippen molar-refractivity contribution in [2.75, 3.05) is 19.7 Å². The number of halogens is 1. The molecule has 7 nitrogen and oxygen atoms in total. The van der Waals surface area contributed by atoms with Crippen molar-refractivity contribution >= 4 is 29.9 Å². The molecule has 1 atom stereocenters. The molecule has 8 heteroatoms. The van der Waals surface area contributed by atoms with Crippen molar-refractivity contribution in [1.29, 1.82) is 0 Å². The van der Waals surface area contributed by atoms with Crippen molar-refractivity contribution < 1.29 is 4.74 Å². The van der Waals surface area contributed by atoms with E-state index in [4.69, 9.17) is 4.74 Å². The molecular formula is C15H27IN6O. The maximum atomic E-state index is 5.79. The highest BCUT2D eigenvalue weighted by Crippen LogP contribution is 2.23. The predicted molar refractivity (Wildman–Crippen MR) is 102 cm³/mol. The van der Waals surface area contributed by atoms with Gasteiger partial charge in [0.05, 0.1) is 5.60 Å². The molecule has 130 valence electrons. The Balaban J connectivity index is 0.00000264. The van der Waals surface area contributed by atoms with Crippen LogP contribution in [0.5, 0.6) is 0 Å². The third-order valence-corrected chi connectivity index (χ3v) is 3.91. The van der Waals surface area contributed by atoms with Gasteiger partial charge in [-0.1, -0.05) is 6.08 Å². The maximum Gasteiger partial charge on any atom is 0.192 e. The van der Waals surface area contributed by atoms with E-state index in [1.807, 2.05) is 18.5 Å². The van der Waals surface area contributed by atoms with Crippen LogP contribution in [-0.4, -0.2) is 46.0 Å². The first-order valence-electron chi connectivity index (χ1n) is 7.66. The van der Waals surface area contributed by atoms with Gasteiger partial charge < -0.3 is 19.9 Å². The van der Waals surface area contributed by atoms with Crippen LogP contribution in [0, 0.1) is 6.92 Å². The van der Waals surface area contributed by atoms with E-state index in [0.29, 0.717) is 13.1 Å². The van der Waals surface area contributed by atoms with E-state index < -0.39 is 0 Å². The molecule has 0 amide bonds. The first-order valence-corrected chi connectivity index (χ1v) is 7.66. The summed E-state index contributed by atoms with van der Waals surface area (Å²) in [6.45, 7) is 10.5. The van der Waals surface area contributed by atoms with Crippen LogP contribution in [0.25, 0.3) is 0 Å². The number of rotatable bonds is 6. The number of guanidine groups is 1. The monoisotopic (exact) mass is 434 g/mol. The minimum absolute atomic E-state index is 0. The van der Waals surface area contributed by atoms with Gasteiger partial charge >= 0.3 is 0 Å². The number of ether oxygens (including phenoxy) is 1. The van der Waals surface area contributed by atoms with Crippen LogP contribution in [0.4, 0.5) is 0 Å². The van der Waals surface area contributed by atoms with Crippen LogP contribution in [0.2, 0.25) is 0 Å². The lowest BCUT2D eigenvalue weighted by Gasteiger charge is -2.24. The molecule has 1 aliphatic heterocycles. The fraction of sp³-hybridized carbons (Fsp3) is 0.667. The summed E-state index contributed by atoms with van der Waals surface area (Å²) in [6, 6.07) is 0. The van der Waals surface area contributed by atoms with Crippen molar-refractivity contribution in [3.63, 3.8) is 0 Å². The van der Waals surface area contributed by atoms with Gasteiger partial charge in [-0.15, -0.1) is 40.8 Å². The SMILES string of the molecule is C=CCNC(=NCc1nnc(C)n1C)NCC1(C)CCCO1.I. The second-order valence-electron chi connectivity index (χ2n) is 5.81. The van der Waals surface area contributed by atoms with Crippen LogP contribution in [0.1, 0.15) is 31.4 Å². The molecule has 1 aromatic heterocycles. The number of aliphatic imine (C=N–C) groups is 1. The minimum atomic E-state index is -0.113. The number of nitrogens with one attached hydrogen (secondary N) is 2. The molecule has 23 heavy (non-hydrogen) atoms. The van der Waals surface area contributed by atoms with Crippen molar-refractivity contribution in [3.05, 3.63) is 24.3 Å². The molecule has 2 heterocycles. The average molecular weight is 434 g/mol. The second-order valence-corrected chi connectivity index (χ2v) is 5.81. The van der Waals surface area contributed by atoms with Crippen LogP contribution >= 0.6 is 24.0 Å². The number of aromatic nitrogens is 3. The average Bonchev–Trinajstić information content (AvgIpc) is 3.07. The van der Waals surface area contributed by atoms with Crippen molar-refractivity contribution in [1.82, 2.24) is 25.4 Å². The van der Waals surface area contributed by atoms with Crippen molar-refractivity contribution in [3.8, 4) is 0 Å². The number of aryl methyl sites for hydroxylation is 1. The zero-order chi connectivity index (χ0) is 16.0. The van der Waals surface area contributed by atoms with Crippen molar-refractivity contribution in [2.45, 2.75) is 38.8 Å². The Labute approximate surface area is 155 Å². The molecule has 2 N–H and O–H groups in total. The first kappa shape index (κ1) is 19.9. The lowest BCUT2D eigenvalue weighted by molar-refractivity contribution is 0.0243. The summed E-state index contributed by atoms with van der Waals surface area (Å²) in [5.74, 6) is 2.45.